The largest absolute Gasteiger partial charge is 0.437 e. The summed E-state index contributed by atoms with van der Waals surface area (Å²) in [5.41, 5.74) is 7.55. The fourth-order valence-electron chi connectivity index (χ4n) is 2.08. The summed E-state index contributed by atoms with van der Waals surface area (Å²) in [5.74, 6) is 1.27. The summed E-state index contributed by atoms with van der Waals surface area (Å²) >= 11 is 0. The van der Waals surface area contributed by atoms with Crippen molar-refractivity contribution < 1.29 is 4.74 Å². The number of aromatic nitrogens is 2. The lowest BCUT2D eigenvalue weighted by Crippen LogP contribution is -2.04. The molecule has 3 aromatic rings. The van der Waals surface area contributed by atoms with Crippen LogP contribution in [0.2, 0.25) is 0 Å². The molecule has 2 N–H and O–H groups in total. The SMILES string of the molecule is NCCc1cccnc1Oc1cnc2ccccc2c1. The lowest BCUT2D eigenvalue weighted by Gasteiger charge is -2.09. The average Bonchev–Trinajstić information content (AvgIpc) is 2.49. The van der Waals surface area contributed by atoms with Gasteiger partial charge in [0.25, 0.3) is 0 Å². The highest BCUT2D eigenvalue weighted by molar-refractivity contribution is 5.79. The summed E-state index contributed by atoms with van der Waals surface area (Å²) in [5, 5.41) is 1.04. The first-order valence-corrected chi connectivity index (χ1v) is 6.53. The molecular weight excluding hydrogens is 250 g/mol. The molecule has 1 aromatic carbocycles. The highest BCUT2D eigenvalue weighted by atomic mass is 16.5. The number of pyridine rings is 2. The standard InChI is InChI=1S/C16H15N3O/c17-8-7-12-5-3-9-18-16(12)20-14-10-13-4-1-2-6-15(13)19-11-14/h1-6,9-11H,7-8,17H2. The maximum atomic E-state index is 5.84. The van der Waals surface area contributed by atoms with E-state index in [1.807, 2.05) is 42.5 Å². The molecule has 4 heteroatoms. The molecule has 20 heavy (non-hydrogen) atoms. The minimum absolute atomic E-state index is 0.567. The van der Waals surface area contributed by atoms with Crippen LogP contribution in [0.15, 0.2) is 54.9 Å². The minimum atomic E-state index is 0.567. The van der Waals surface area contributed by atoms with Crippen LogP contribution < -0.4 is 10.5 Å². The molecule has 0 unspecified atom stereocenters. The zero-order chi connectivity index (χ0) is 13.8. The third-order valence-electron chi connectivity index (χ3n) is 3.04. The average molecular weight is 265 g/mol. The number of benzene rings is 1. The number of hydrogen-bond donors (Lipinski definition) is 1. The number of nitrogens with two attached hydrogens (primary N) is 1. The number of para-hydroxylation sites is 1. The predicted octanol–water partition coefficient (Wildman–Crippen LogP) is 2.92. The fraction of sp³-hybridized carbons (Fsp3) is 0.125. The van der Waals surface area contributed by atoms with Crippen LogP contribution in [0, 0.1) is 0 Å². The van der Waals surface area contributed by atoms with Gasteiger partial charge in [-0.25, -0.2) is 4.98 Å². The molecular formula is C16H15N3O. The maximum Gasteiger partial charge on any atom is 0.222 e. The lowest BCUT2D eigenvalue weighted by molar-refractivity contribution is 0.455. The molecule has 4 nitrogen and oxygen atoms in total. The molecule has 0 fully saturated rings. The Balaban J connectivity index is 1.93. The second-order valence-corrected chi connectivity index (χ2v) is 4.47. The summed E-state index contributed by atoms with van der Waals surface area (Å²) < 4.78 is 5.84. The number of hydrogen-bond acceptors (Lipinski definition) is 4. The molecule has 3 rings (SSSR count). The molecule has 0 aliphatic rings. The smallest absolute Gasteiger partial charge is 0.222 e. The van der Waals surface area contributed by atoms with Crippen molar-refractivity contribution >= 4 is 10.9 Å². The summed E-state index contributed by atoms with van der Waals surface area (Å²) in [6.07, 6.45) is 4.16. The molecule has 0 aliphatic heterocycles. The number of rotatable bonds is 4. The summed E-state index contributed by atoms with van der Waals surface area (Å²) in [6.45, 7) is 0.567. The quantitative estimate of drug-likeness (QED) is 0.788. The molecule has 0 amide bonds. The first-order valence-electron chi connectivity index (χ1n) is 6.53. The van der Waals surface area contributed by atoms with Gasteiger partial charge >= 0.3 is 0 Å². The zero-order valence-corrected chi connectivity index (χ0v) is 11.0. The Kier molecular flexibility index (Phi) is 3.56. The molecule has 2 aromatic heterocycles. The second-order valence-electron chi connectivity index (χ2n) is 4.47. The number of fused-ring (bicyclic) bond motifs is 1. The van der Waals surface area contributed by atoms with Gasteiger partial charge in [-0.15, -0.1) is 0 Å². The van der Waals surface area contributed by atoms with E-state index in [0.29, 0.717) is 18.2 Å². The fourth-order valence-corrected chi connectivity index (χ4v) is 2.08. The van der Waals surface area contributed by atoms with E-state index in [4.69, 9.17) is 10.5 Å². The Hall–Kier alpha value is -2.46. The molecule has 100 valence electrons. The summed E-state index contributed by atoms with van der Waals surface area (Å²) in [7, 11) is 0. The van der Waals surface area contributed by atoms with Crippen LogP contribution in [-0.2, 0) is 6.42 Å². The monoisotopic (exact) mass is 265 g/mol. The van der Waals surface area contributed by atoms with Crippen molar-refractivity contribution in [3.05, 3.63) is 60.4 Å². The van der Waals surface area contributed by atoms with Gasteiger partial charge in [-0.3, -0.25) is 4.98 Å². The van der Waals surface area contributed by atoms with Crippen LogP contribution in [0.1, 0.15) is 5.56 Å². The first kappa shape index (κ1) is 12.6. The number of nitrogens with zero attached hydrogens (tertiary/aromatic N) is 2. The van der Waals surface area contributed by atoms with Gasteiger partial charge in [0.05, 0.1) is 11.7 Å². The Morgan fingerprint density at radius 1 is 1.05 bits per heavy atom. The van der Waals surface area contributed by atoms with Crippen LogP contribution in [0.4, 0.5) is 0 Å². The maximum absolute atomic E-state index is 5.84. The number of ether oxygens (including phenoxy) is 1. The van der Waals surface area contributed by atoms with Crippen molar-refractivity contribution in [1.29, 1.82) is 0 Å². The van der Waals surface area contributed by atoms with Crippen molar-refractivity contribution in [3.8, 4) is 11.6 Å². The van der Waals surface area contributed by atoms with Gasteiger partial charge in [-0.1, -0.05) is 24.3 Å². The van der Waals surface area contributed by atoms with Crippen LogP contribution in [0.3, 0.4) is 0 Å². The van der Waals surface area contributed by atoms with Crippen molar-refractivity contribution in [2.24, 2.45) is 5.73 Å². The van der Waals surface area contributed by atoms with Crippen LogP contribution >= 0.6 is 0 Å². The van der Waals surface area contributed by atoms with Gasteiger partial charge in [0.2, 0.25) is 5.88 Å². The molecule has 2 heterocycles. The zero-order valence-electron chi connectivity index (χ0n) is 11.0. The molecule has 0 spiro atoms. The molecule has 0 aliphatic carbocycles. The lowest BCUT2D eigenvalue weighted by atomic mass is 10.2. The van der Waals surface area contributed by atoms with E-state index >= 15 is 0 Å². The van der Waals surface area contributed by atoms with Crippen LogP contribution in [0.25, 0.3) is 10.9 Å². The van der Waals surface area contributed by atoms with Crippen molar-refractivity contribution in [2.75, 3.05) is 6.54 Å². The Bertz CT molecular complexity index is 727. The van der Waals surface area contributed by atoms with E-state index in [1.54, 1.807) is 12.4 Å². The Morgan fingerprint density at radius 2 is 1.95 bits per heavy atom. The Labute approximate surface area is 117 Å². The van der Waals surface area contributed by atoms with E-state index in [-0.39, 0.29) is 0 Å². The van der Waals surface area contributed by atoms with E-state index in [1.165, 1.54) is 0 Å². The highest BCUT2D eigenvalue weighted by Crippen LogP contribution is 2.25. The molecule has 0 saturated carbocycles. The highest BCUT2D eigenvalue weighted by Gasteiger charge is 2.06. The molecule has 0 saturated heterocycles. The molecule has 0 radical (unpaired) electrons. The molecule has 0 bridgehead atoms. The van der Waals surface area contributed by atoms with E-state index in [0.717, 1.165) is 22.9 Å². The normalized spacial score (nSPS) is 10.7. The van der Waals surface area contributed by atoms with Gasteiger partial charge in [0.1, 0.15) is 5.75 Å². The molecule has 0 atom stereocenters. The van der Waals surface area contributed by atoms with Gasteiger partial charge in [-0.2, -0.15) is 0 Å². The van der Waals surface area contributed by atoms with Crippen LogP contribution in [0.5, 0.6) is 11.6 Å². The van der Waals surface area contributed by atoms with Crippen molar-refractivity contribution in [1.82, 2.24) is 9.97 Å². The summed E-state index contributed by atoms with van der Waals surface area (Å²) in [6, 6.07) is 13.7. The third-order valence-corrected chi connectivity index (χ3v) is 3.04. The third kappa shape index (κ3) is 2.60. The summed E-state index contributed by atoms with van der Waals surface area (Å²) in [4.78, 5) is 8.64. The van der Waals surface area contributed by atoms with E-state index in [2.05, 4.69) is 9.97 Å². The van der Waals surface area contributed by atoms with Crippen LogP contribution in [-0.4, -0.2) is 16.5 Å². The first-order chi connectivity index (χ1) is 9.86. The van der Waals surface area contributed by atoms with Gasteiger partial charge < -0.3 is 10.5 Å². The van der Waals surface area contributed by atoms with Crippen molar-refractivity contribution in [2.45, 2.75) is 6.42 Å². The Morgan fingerprint density at radius 3 is 2.85 bits per heavy atom. The van der Waals surface area contributed by atoms with Gasteiger partial charge in [0, 0.05) is 17.1 Å². The van der Waals surface area contributed by atoms with Crippen molar-refractivity contribution in [3.63, 3.8) is 0 Å². The minimum Gasteiger partial charge on any atom is -0.437 e. The predicted molar refractivity (Wildman–Crippen MR) is 78.8 cm³/mol. The van der Waals surface area contributed by atoms with E-state index < -0.39 is 0 Å². The second kappa shape index (κ2) is 5.67. The van der Waals surface area contributed by atoms with Gasteiger partial charge in [0.15, 0.2) is 0 Å². The topological polar surface area (TPSA) is 61.0 Å². The van der Waals surface area contributed by atoms with E-state index in [9.17, 15) is 0 Å². The van der Waals surface area contributed by atoms with Gasteiger partial charge in [-0.05, 0) is 31.2 Å².